The Morgan fingerprint density at radius 3 is 3.05 bits per heavy atom. The fourth-order valence-electron chi connectivity index (χ4n) is 1.81. The number of hydrogen-bond donors (Lipinski definition) is 4. The summed E-state index contributed by atoms with van der Waals surface area (Å²) in [4.78, 5) is 11.7. The predicted octanol–water partition coefficient (Wildman–Crippen LogP) is 0.691. The van der Waals surface area contributed by atoms with Crippen LogP contribution in [0.15, 0.2) is 29.4 Å². The predicted molar refractivity (Wildman–Crippen MR) is 70.3 cm³/mol. The van der Waals surface area contributed by atoms with E-state index in [9.17, 15) is 4.79 Å². The van der Waals surface area contributed by atoms with E-state index in [0.29, 0.717) is 24.5 Å². The third-order valence-electron chi connectivity index (χ3n) is 2.79. The van der Waals surface area contributed by atoms with Crippen LogP contribution in [0.1, 0.15) is 12.0 Å². The maximum Gasteiger partial charge on any atom is 0.319 e. The maximum absolute atomic E-state index is 11.7. The van der Waals surface area contributed by atoms with E-state index in [1.165, 1.54) is 0 Å². The lowest BCUT2D eigenvalue weighted by atomic mass is 10.2. The van der Waals surface area contributed by atoms with E-state index < -0.39 is 0 Å². The zero-order valence-corrected chi connectivity index (χ0v) is 10.3. The first-order chi connectivity index (χ1) is 9.19. The number of carbonyl (C=O) groups is 1. The Balaban J connectivity index is 1.96. The Kier molecular flexibility index (Phi) is 4.19. The van der Waals surface area contributed by atoms with Crippen LogP contribution in [0.2, 0.25) is 0 Å². The van der Waals surface area contributed by atoms with Crippen molar-refractivity contribution in [1.82, 2.24) is 5.32 Å². The molecule has 1 atom stereocenters. The highest BCUT2D eigenvalue weighted by Gasteiger charge is 2.17. The number of urea groups is 1. The number of hydrogen-bond acceptors (Lipinski definition) is 4. The van der Waals surface area contributed by atoms with E-state index in [2.05, 4.69) is 15.8 Å². The summed E-state index contributed by atoms with van der Waals surface area (Å²) in [5.41, 5.74) is 6.58. The van der Waals surface area contributed by atoms with Gasteiger partial charge in [-0.1, -0.05) is 17.3 Å². The number of rotatable bonds is 3. The summed E-state index contributed by atoms with van der Waals surface area (Å²) in [5.74, 6) is -0.00625. The second kappa shape index (κ2) is 6.05. The topological polar surface area (TPSA) is 109 Å². The molecular formula is C12H16N4O3. The van der Waals surface area contributed by atoms with Crippen molar-refractivity contribution in [3.8, 4) is 0 Å². The zero-order chi connectivity index (χ0) is 13.7. The first kappa shape index (κ1) is 13.2. The van der Waals surface area contributed by atoms with Crippen molar-refractivity contribution in [3.05, 3.63) is 29.8 Å². The van der Waals surface area contributed by atoms with E-state index in [1.807, 2.05) is 0 Å². The van der Waals surface area contributed by atoms with Gasteiger partial charge in [-0.3, -0.25) is 0 Å². The highest BCUT2D eigenvalue weighted by atomic mass is 16.5. The van der Waals surface area contributed by atoms with Gasteiger partial charge in [0.25, 0.3) is 0 Å². The smallest absolute Gasteiger partial charge is 0.319 e. The number of amides is 2. The normalized spacial score (nSPS) is 19.2. The SMILES string of the molecule is NC(=NO)c1cccc(NC(=O)NC2CCOC2)c1. The van der Waals surface area contributed by atoms with Crippen molar-refractivity contribution in [2.45, 2.75) is 12.5 Å². The fourth-order valence-corrected chi connectivity index (χ4v) is 1.81. The molecule has 0 aliphatic carbocycles. The quantitative estimate of drug-likeness (QED) is 0.279. The number of nitrogens with two attached hydrogens (primary N) is 1. The molecule has 7 heteroatoms. The summed E-state index contributed by atoms with van der Waals surface area (Å²) in [7, 11) is 0. The van der Waals surface area contributed by atoms with Crippen molar-refractivity contribution >= 4 is 17.6 Å². The maximum atomic E-state index is 11.7. The molecule has 0 aromatic heterocycles. The number of ether oxygens (including phenoxy) is 1. The summed E-state index contributed by atoms with van der Waals surface area (Å²) < 4.78 is 5.17. The average Bonchev–Trinajstić information content (AvgIpc) is 2.90. The number of amidine groups is 1. The first-order valence-electron chi connectivity index (χ1n) is 5.92. The molecule has 0 saturated carbocycles. The largest absolute Gasteiger partial charge is 0.409 e. The Morgan fingerprint density at radius 2 is 2.37 bits per heavy atom. The number of oxime groups is 1. The third kappa shape index (κ3) is 3.59. The van der Waals surface area contributed by atoms with Gasteiger partial charge < -0.3 is 26.3 Å². The molecule has 0 bridgehead atoms. The molecule has 5 N–H and O–H groups in total. The minimum absolute atomic E-state index is 0.00625. The Hall–Kier alpha value is -2.28. The lowest BCUT2D eigenvalue weighted by Gasteiger charge is -2.12. The van der Waals surface area contributed by atoms with Crippen LogP contribution in [0, 0.1) is 0 Å². The van der Waals surface area contributed by atoms with Crippen molar-refractivity contribution in [2.24, 2.45) is 10.9 Å². The second-order valence-electron chi connectivity index (χ2n) is 4.23. The number of benzene rings is 1. The molecule has 19 heavy (non-hydrogen) atoms. The van der Waals surface area contributed by atoms with Crippen molar-refractivity contribution < 1.29 is 14.7 Å². The Morgan fingerprint density at radius 1 is 1.53 bits per heavy atom. The van der Waals surface area contributed by atoms with Crippen LogP contribution in [0.25, 0.3) is 0 Å². The molecule has 1 heterocycles. The Bertz CT molecular complexity index is 484. The van der Waals surface area contributed by atoms with Crippen molar-refractivity contribution in [1.29, 1.82) is 0 Å². The molecule has 0 radical (unpaired) electrons. The highest BCUT2D eigenvalue weighted by molar-refractivity contribution is 5.99. The fraction of sp³-hybridized carbons (Fsp3) is 0.333. The van der Waals surface area contributed by atoms with Gasteiger partial charge in [-0.05, 0) is 18.6 Å². The van der Waals surface area contributed by atoms with E-state index in [1.54, 1.807) is 24.3 Å². The van der Waals surface area contributed by atoms with Gasteiger partial charge in [0.05, 0.1) is 12.6 Å². The summed E-state index contributed by atoms with van der Waals surface area (Å²) in [6.45, 7) is 1.21. The molecule has 102 valence electrons. The van der Waals surface area contributed by atoms with Crippen LogP contribution in [0.5, 0.6) is 0 Å². The first-order valence-corrected chi connectivity index (χ1v) is 5.92. The second-order valence-corrected chi connectivity index (χ2v) is 4.23. The van der Waals surface area contributed by atoms with Gasteiger partial charge in [0, 0.05) is 17.9 Å². The van der Waals surface area contributed by atoms with Crippen molar-refractivity contribution in [2.75, 3.05) is 18.5 Å². The van der Waals surface area contributed by atoms with Crippen LogP contribution in [-0.4, -0.2) is 36.3 Å². The molecule has 1 fully saturated rings. The monoisotopic (exact) mass is 264 g/mol. The molecular weight excluding hydrogens is 248 g/mol. The van der Waals surface area contributed by atoms with Gasteiger partial charge in [0.1, 0.15) is 0 Å². The zero-order valence-electron chi connectivity index (χ0n) is 10.3. The Labute approximate surface area is 110 Å². The summed E-state index contributed by atoms with van der Waals surface area (Å²) >= 11 is 0. The summed E-state index contributed by atoms with van der Waals surface area (Å²) in [5, 5.41) is 17.0. The van der Waals surface area contributed by atoms with Gasteiger partial charge in [0.15, 0.2) is 5.84 Å². The molecule has 1 aromatic rings. The van der Waals surface area contributed by atoms with Gasteiger partial charge in [-0.25, -0.2) is 4.79 Å². The van der Waals surface area contributed by atoms with E-state index >= 15 is 0 Å². The van der Waals surface area contributed by atoms with Crippen molar-refractivity contribution in [3.63, 3.8) is 0 Å². The average molecular weight is 264 g/mol. The molecule has 1 aliphatic rings. The standard InChI is InChI=1S/C12H16N4O3/c13-11(16-18)8-2-1-3-9(6-8)14-12(17)15-10-4-5-19-7-10/h1-3,6,10,18H,4-5,7H2,(H2,13,16)(H2,14,15,17). The lowest BCUT2D eigenvalue weighted by Crippen LogP contribution is -2.38. The van der Waals surface area contributed by atoms with E-state index in [4.69, 9.17) is 15.7 Å². The third-order valence-corrected chi connectivity index (χ3v) is 2.79. The number of nitrogens with zero attached hydrogens (tertiary/aromatic N) is 1. The summed E-state index contributed by atoms with van der Waals surface area (Å²) in [6.07, 6.45) is 0.817. The van der Waals surface area contributed by atoms with Gasteiger partial charge in [-0.2, -0.15) is 0 Å². The molecule has 1 aromatic carbocycles. The van der Waals surface area contributed by atoms with Gasteiger partial charge in [0.2, 0.25) is 0 Å². The number of carbonyl (C=O) groups excluding carboxylic acids is 1. The van der Waals surface area contributed by atoms with Crippen LogP contribution in [0.4, 0.5) is 10.5 Å². The minimum atomic E-state index is -0.299. The van der Waals surface area contributed by atoms with E-state index in [0.717, 1.165) is 6.42 Å². The van der Waals surface area contributed by atoms with Crippen LogP contribution in [-0.2, 0) is 4.74 Å². The molecule has 2 amide bonds. The number of anilines is 1. The molecule has 1 aliphatic heterocycles. The van der Waals surface area contributed by atoms with Crippen LogP contribution in [0.3, 0.4) is 0 Å². The van der Waals surface area contributed by atoms with E-state index in [-0.39, 0.29) is 17.9 Å². The van der Waals surface area contributed by atoms with Crippen LogP contribution < -0.4 is 16.4 Å². The molecule has 1 unspecified atom stereocenters. The highest BCUT2D eigenvalue weighted by Crippen LogP contribution is 2.11. The number of nitrogens with one attached hydrogen (secondary N) is 2. The molecule has 0 spiro atoms. The minimum Gasteiger partial charge on any atom is -0.409 e. The van der Waals surface area contributed by atoms with Gasteiger partial charge >= 0.3 is 6.03 Å². The van der Waals surface area contributed by atoms with Crippen LogP contribution >= 0.6 is 0 Å². The van der Waals surface area contributed by atoms with Gasteiger partial charge in [-0.15, -0.1) is 0 Å². The molecule has 2 rings (SSSR count). The molecule has 1 saturated heterocycles. The molecule has 7 nitrogen and oxygen atoms in total. The summed E-state index contributed by atoms with van der Waals surface area (Å²) in [6, 6.07) is 6.49. The lowest BCUT2D eigenvalue weighted by molar-refractivity contribution is 0.189.